The van der Waals surface area contributed by atoms with Gasteiger partial charge in [0.25, 0.3) is 0 Å². The van der Waals surface area contributed by atoms with Crippen LogP contribution in [0.3, 0.4) is 0 Å². The fraction of sp³-hybridized carbons (Fsp3) is 0.429. The van der Waals surface area contributed by atoms with Gasteiger partial charge in [0, 0.05) is 3.57 Å². The zero-order valence-electron chi connectivity index (χ0n) is 12.3. The second-order valence-corrected chi connectivity index (χ2v) is 7.41. The van der Waals surface area contributed by atoms with Gasteiger partial charge in [-0.05, 0) is 68.5 Å². The highest BCUT2D eigenvalue weighted by Gasteiger charge is 2.44. The lowest BCUT2D eigenvalue weighted by Crippen LogP contribution is -2.57. The van der Waals surface area contributed by atoms with Gasteiger partial charge in [-0.2, -0.15) is 0 Å². The summed E-state index contributed by atoms with van der Waals surface area (Å²) in [5.74, 6) is -0.986. The third-order valence-corrected chi connectivity index (χ3v) is 4.69. The minimum absolute atomic E-state index is 0.423. The number of hydrogen-bond donors (Lipinski definition) is 3. The number of urea groups is 1. The number of rotatable bonds is 4. The largest absolute Gasteiger partial charge is 0.481 e. The Morgan fingerprint density at radius 3 is 2.29 bits per heavy atom. The molecule has 1 rings (SSSR count). The van der Waals surface area contributed by atoms with E-state index < -0.39 is 23.0 Å². The lowest BCUT2D eigenvalue weighted by atomic mass is 9.74. The van der Waals surface area contributed by atoms with Crippen molar-refractivity contribution in [3.8, 4) is 0 Å². The molecule has 0 bridgehead atoms. The molecule has 0 aliphatic heterocycles. The van der Waals surface area contributed by atoms with Crippen LogP contribution in [0.2, 0.25) is 5.02 Å². The van der Waals surface area contributed by atoms with Gasteiger partial charge in [0.15, 0.2) is 0 Å². The molecule has 0 saturated heterocycles. The summed E-state index contributed by atoms with van der Waals surface area (Å²) in [6.07, 6.45) is 0. The van der Waals surface area contributed by atoms with Gasteiger partial charge >= 0.3 is 12.0 Å². The van der Waals surface area contributed by atoms with Crippen LogP contribution < -0.4 is 10.6 Å². The number of aliphatic carboxylic acids is 1. The number of carbonyl (C=O) groups excluding carboxylic acids is 1. The summed E-state index contributed by atoms with van der Waals surface area (Å²) in [6.45, 7) is 6.45. The molecule has 0 fully saturated rings. The van der Waals surface area contributed by atoms with Gasteiger partial charge in [0.2, 0.25) is 0 Å². The Morgan fingerprint density at radius 1 is 1.24 bits per heavy atom. The number of hydrogen-bond acceptors (Lipinski definition) is 2. The molecule has 0 radical (unpaired) electrons. The average molecular weight is 425 g/mol. The molecule has 0 atom stereocenters. The van der Waals surface area contributed by atoms with E-state index in [-0.39, 0.29) is 0 Å². The first-order chi connectivity index (χ1) is 9.47. The average Bonchev–Trinajstić information content (AvgIpc) is 2.31. The van der Waals surface area contributed by atoms with Crippen LogP contribution in [0.15, 0.2) is 18.2 Å². The summed E-state index contributed by atoms with van der Waals surface area (Å²) >= 11 is 8.16. The molecule has 0 heterocycles. The number of nitrogens with one attached hydrogen (secondary N) is 2. The maximum Gasteiger partial charge on any atom is 0.319 e. The van der Waals surface area contributed by atoms with Crippen molar-refractivity contribution in [1.29, 1.82) is 0 Å². The summed E-state index contributed by atoms with van der Waals surface area (Å²) in [5, 5.41) is 15.0. The van der Waals surface area contributed by atoms with Gasteiger partial charge in [0.1, 0.15) is 0 Å². The Labute approximate surface area is 142 Å². The fourth-order valence-corrected chi connectivity index (χ4v) is 2.35. The first-order valence-electron chi connectivity index (χ1n) is 6.25. The standard InChI is InChI=1S/C14H18ClIN2O3/c1-13(2,11(19)20)14(3,4)18-12(21)17-10-6-5-8(16)7-9(10)15/h5-7H,1-4H3,(H,19,20)(H2,17,18,21). The second kappa shape index (κ2) is 6.39. The zero-order valence-corrected chi connectivity index (χ0v) is 15.2. The highest BCUT2D eigenvalue weighted by Crippen LogP contribution is 2.31. The summed E-state index contributed by atoms with van der Waals surface area (Å²) in [6, 6.07) is 4.73. The van der Waals surface area contributed by atoms with Crippen LogP contribution in [0, 0.1) is 8.99 Å². The van der Waals surface area contributed by atoms with Crippen LogP contribution in [-0.2, 0) is 4.79 Å². The molecule has 2 amide bonds. The molecule has 1 aromatic carbocycles. The van der Waals surface area contributed by atoms with E-state index >= 15 is 0 Å². The predicted molar refractivity (Wildman–Crippen MR) is 91.8 cm³/mol. The van der Waals surface area contributed by atoms with Crippen molar-refractivity contribution >= 4 is 51.9 Å². The van der Waals surface area contributed by atoms with Crippen LogP contribution in [0.5, 0.6) is 0 Å². The molecule has 0 aromatic heterocycles. The maximum atomic E-state index is 12.1. The lowest BCUT2D eigenvalue weighted by molar-refractivity contribution is -0.150. The minimum atomic E-state index is -1.12. The van der Waals surface area contributed by atoms with Crippen molar-refractivity contribution in [1.82, 2.24) is 5.32 Å². The molecule has 5 nitrogen and oxygen atoms in total. The number of carboxylic acids is 1. The number of anilines is 1. The van der Waals surface area contributed by atoms with Crippen LogP contribution in [-0.4, -0.2) is 22.6 Å². The molecule has 0 unspecified atom stereocenters. The smallest absolute Gasteiger partial charge is 0.319 e. The van der Waals surface area contributed by atoms with Gasteiger partial charge in [-0.1, -0.05) is 11.6 Å². The summed E-state index contributed by atoms with van der Waals surface area (Å²) in [5.41, 5.74) is -1.60. The topological polar surface area (TPSA) is 78.4 Å². The Morgan fingerprint density at radius 2 is 1.81 bits per heavy atom. The molecule has 3 N–H and O–H groups in total. The Bertz CT molecular complexity index is 573. The van der Waals surface area contributed by atoms with Crippen LogP contribution in [0.25, 0.3) is 0 Å². The minimum Gasteiger partial charge on any atom is -0.481 e. The molecule has 7 heteroatoms. The van der Waals surface area contributed by atoms with Gasteiger partial charge in [0.05, 0.1) is 21.7 Å². The van der Waals surface area contributed by atoms with E-state index in [1.165, 1.54) is 0 Å². The van der Waals surface area contributed by atoms with Gasteiger partial charge in [-0.3, -0.25) is 4.79 Å². The molecular weight excluding hydrogens is 407 g/mol. The van der Waals surface area contributed by atoms with Crippen LogP contribution in [0.4, 0.5) is 10.5 Å². The second-order valence-electron chi connectivity index (χ2n) is 5.76. The summed E-state index contributed by atoms with van der Waals surface area (Å²) < 4.78 is 0.955. The van der Waals surface area contributed by atoms with E-state index in [2.05, 4.69) is 33.2 Å². The van der Waals surface area contributed by atoms with Gasteiger partial charge < -0.3 is 15.7 Å². The van der Waals surface area contributed by atoms with Crippen LogP contribution >= 0.6 is 34.2 Å². The Kier molecular flexibility index (Phi) is 5.49. The number of carboxylic acid groups (broad SMARTS) is 1. The first-order valence-corrected chi connectivity index (χ1v) is 7.70. The van der Waals surface area contributed by atoms with Crippen molar-refractivity contribution in [3.63, 3.8) is 0 Å². The number of halogens is 2. The quantitative estimate of drug-likeness (QED) is 0.640. The van der Waals surface area contributed by atoms with E-state index in [1.807, 2.05) is 6.07 Å². The lowest BCUT2D eigenvalue weighted by Gasteiger charge is -2.38. The van der Waals surface area contributed by atoms with Crippen molar-refractivity contribution in [2.24, 2.45) is 5.41 Å². The molecule has 0 aliphatic rings. The molecule has 21 heavy (non-hydrogen) atoms. The third-order valence-electron chi connectivity index (χ3n) is 3.70. The molecular formula is C14H18ClIN2O3. The maximum absolute atomic E-state index is 12.1. The number of amides is 2. The zero-order chi connectivity index (χ0) is 16.4. The number of carbonyl (C=O) groups is 2. The van der Waals surface area contributed by atoms with E-state index in [0.717, 1.165) is 3.57 Å². The fourth-order valence-electron chi connectivity index (χ4n) is 1.45. The van der Waals surface area contributed by atoms with E-state index in [4.69, 9.17) is 11.6 Å². The monoisotopic (exact) mass is 424 g/mol. The van der Waals surface area contributed by atoms with E-state index in [1.54, 1.807) is 39.8 Å². The normalized spacial score (nSPS) is 11.9. The van der Waals surface area contributed by atoms with Crippen LogP contribution in [0.1, 0.15) is 27.7 Å². The van der Waals surface area contributed by atoms with E-state index in [0.29, 0.717) is 10.7 Å². The van der Waals surface area contributed by atoms with Gasteiger partial charge in [-0.25, -0.2) is 4.79 Å². The molecule has 0 spiro atoms. The highest BCUT2D eigenvalue weighted by atomic mass is 127. The SMILES string of the molecule is CC(C)(NC(=O)Nc1ccc(I)cc1Cl)C(C)(C)C(=O)O. The predicted octanol–water partition coefficient (Wildman–Crippen LogP) is 3.96. The molecule has 1 aromatic rings. The Balaban J connectivity index is 2.84. The summed E-state index contributed by atoms with van der Waals surface area (Å²) in [4.78, 5) is 23.4. The van der Waals surface area contributed by atoms with E-state index in [9.17, 15) is 14.7 Å². The summed E-state index contributed by atoms with van der Waals surface area (Å²) in [7, 11) is 0. The van der Waals surface area contributed by atoms with Crippen molar-refractivity contribution in [2.45, 2.75) is 33.2 Å². The highest BCUT2D eigenvalue weighted by molar-refractivity contribution is 14.1. The molecule has 116 valence electrons. The van der Waals surface area contributed by atoms with Crippen molar-refractivity contribution in [3.05, 3.63) is 26.8 Å². The molecule has 0 aliphatic carbocycles. The Hall–Kier alpha value is -1.02. The number of benzene rings is 1. The molecule has 0 saturated carbocycles. The first kappa shape index (κ1) is 18.0. The van der Waals surface area contributed by atoms with Crippen molar-refractivity contribution in [2.75, 3.05) is 5.32 Å². The van der Waals surface area contributed by atoms with Gasteiger partial charge in [-0.15, -0.1) is 0 Å². The van der Waals surface area contributed by atoms with Crippen molar-refractivity contribution < 1.29 is 14.7 Å². The third kappa shape index (κ3) is 4.23.